The van der Waals surface area contributed by atoms with Gasteiger partial charge in [-0.2, -0.15) is 0 Å². The molecule has 1 atom stereocenters. The van der Waals surface area contributed by atoms with Crippen molar-refractivity contribution in [3.8, 4) is 0 Å². The van der Waals surface area contributed by atoms with Gasteiger partial charge in [-0.05, 0) is 12.1 Å². The van der Waals surface area contributed by atoms with E-state index in [-0.39, 0.29) is 5.82 Å². The second-order valence-corrected chi connectivity index (χ2v) is 2.37. The minimum Gasteiger partial charge on any atom is -0.755 e. The fourth-order valence-electron chi connectivity index (χ4n) is 0.522. The van der Waals surface area contributed by atoms with Crippen molar-refractivity contribution >= 4 is 17.1 Å². The lowest BCUT2D eigenvalue weighted by atomic mass is 10.5. The molecule has 60 valence electrons. The van der Waals surface area contributed by atoms with Gasteiger partial charge in [-0.1, -0.05) is 0 Å². The molecule has 1 aromatic rings. The van der Waals surface area contributed by atoms with Crippen LogP contribution in [0.15, 0.2) is 18.3 Å². The Kier molecular flexibility index (Phi) is 2.50. The molecule has 0 radical (unpaired) electrons. The monoisotopic (exact) mass is 175 g/mol. The van der Waals surface area contributed by atoms with Crippen LogP contribution in [0.2, 0.25) is 0 Å². The third kappa shape index (κ3) is 2.60. The van der Waals surface area contributed by atoms with E-state index in [1.165, 1.54) is 6.07 Å². The van der Waals surface area contributed by atoms with Crippen LogP contribution in [0.1, 0.15) is 0 Å². The highest BCUT2D eigenvalue weighted by molar-refractivity contribution is 7.80. The van der Waals surface area contributed by atoms with Crippen LogP contribution in [0.25, 0.3) is 0 Å². The molecule has 1 unspecified atom stereocenters. The number of pyridine rings is 1. The Labute approximate surface area is 64.9 Å². The van der Waals surface area contributed by atoms with Gasteiger partial charge in [0.15, 0.2) is 0 Å². The number of aromatic nitrogens is 1. The maximum Gasteiger partial charge on any atom is 0.141 e. The Morgan fingerprint density at radius 2 is 2.36 bits per heavy atom. The molecule has 0 spiro atoms. The van der Waals surface area contributed by atoms with E-state index in [9.17, 15) is 13.2 Å². The number of rotatable bonds is 2. The first-order chi connectivity index (χ1) is 5.18. The normalized spacial score (nSPS) is 12.5. The molecule has 0 aliphatic rings. The van der Waals surface area contributed by atoms with Crippen molar-refractivity contribution < 1.29 is 13.2 Å². The lowest BCUT2D eigenvalue weighted by Gasteiger charge is -2.05. The minimum absolute atomic E-state index is 0.0970. The predicted octanol–water partition coefficient (Wildman–Crippen LogP) is 0.427. The molecular formula is C5H4FN2O2S-. The van der Waals surface area contributed by atoms with Gasteiger partial charge >= 0.3 is 0 Å². The molecule has 0 aliphatic heterocycles. The largest absolute Gasteiger partial charge is 0.755 e. The van der Waals surface area contributed by atoms with E-state index in [4.69, 9.17) is 0 Å². The molecule has 4 nitrogen and oxygen atoms in total. The quantitative estimate of drug-likeness (QED) is 0.663. The van der Waals surface area contributed by atoms with E-state index >= 15 is 0 Å². The highest BCUT2D eigenvalue weighted by Crippen LogP contribution is 2.02. The first-order valence-corrected chi connectivity index (χ1v) is 3.73. The third-order valence-corrected chi connectivity index (χ3v) is 1.29. The van der Waals surface area contributed by atoms with Crippen molar-refractivity contribution in [2.75, 3.05) is 4.72 Å². The van der Waals surface area contributed by atoms with Crippen molar-refractivity contribution in [2.24, 2.45) is 0 Å². The smallest absolute Gasteiger partial charge is 0.141 e. The summed E-state index contributed by atoms with van der Waals surface area (Å²) >= 11 is -2.41. The van der Waals surface area contributed by atoms with Gasteiger partial charge < -0.3 is 9.27 Å². The first-order valence-electron chi connectivity index (χ1n) is 2.66. The highest BCUT2D eigenvalue weighted by atomic mass is 32.2. The summed E-state index contributed by atoms with van der Waals surface area (Å²) < 4.78 is 34.2. The van der Waals surface area contributed by atoms with Gasteiger partial charge in [0, 0.05) is 11.3 Å². The average molecular weight is 175 g/mol. The summed E-state index contributed by atoms with van der Waals surface area (Å²) in [5.41, 5.74) is 0. The Morgan fingerprint density at radius 1 is 1.64 bits per heavy atom. The zero-order valence-corrected chi connectivity index (χ0v) is 6.10. The summed E-state index contributed by atoms with van der Waals surface area (Å²) in [6.07, 6.45) is 0.926. The molecule has 6 heteroatoms. The maximum absolute atomic E-state index is 12.2. The first kappa shape index (κ1) is 8.09. The Morgan fingerprint density at radius 3 is 2.82 bits per heavy atom. The van der Waals surface area contributed by atoms with E-state index < -0.39 is 17.1 Å². The van der Waals surface area contributed by atoms with E-state index in [0.29, 0.717) is 0 Å². The van der Waals surface area contributed by atoms with Crippen LogP contribution in [-0.2, 0) is 11.3 Å². The standard InChI is InChI=1S/C5H5FN2O2S/c6-4-1-2-5(7-3-4)8-11(9)10/h1-3H,(H,7,8)(H,9,10)/p-1. The van der Waals surface area contributed by atoms with E-state index in [0.717, 1.165) is 12.3 Å². The fourth-order valence-corrected chi connectivity index (χ4v) is 0.813. The van der Waals surface area contributed by atoms with Crippen LogP contribution < -0.4 is 4.72 Å². The van der Waals surface area contributed by atoms with Gasteiger partial charge in [-0.15, -0.1) is 0 Å². The number of halogens is 1. The summed E-state index contributed by atoms with van der Waals surface area (Å²) in [4.78, 5) is 3.44. The molecule has 1 heterocycles. The molecule has 0 aliphatic carbocycles. The van der Waals surface area contributed by atoms with Crippen LogP contribution >= 0.6 is 0 Å². The van der Waals surface area contributed by atoms with Gasteiger partial charge in [-0.25, -0.2) is 9.37 Å². The van der Waals surface area contributed by atoms with Gasteiger partial charge in [0.1, 0.15) is 11.6 Å². The third-order valence-electron chi connectivity index (χ3n) is 0.915. The van der Waals surface area contributed by atoms with Crippen LogP contribution in [0, 0.1) is 5.82 Å². The number of hydrogen-bond acceptors (Lipinski definition) is 3. The fraction of sp³-hybridized carbons (Fsp3) is 0. The Balaban J connectivity index is 2.74. The van der Waals surface area contributed by atoms with Crippen LogP contribution in [0.3, 0.4) is 0 Å². The van der Waals surface area contributed by atoms with E-state index in [1.807, 2.05) is 4.72 Å². The second-order valence-electron chi connectivity index (χ2n) is 1.70. The molecule has 1 aromatic heterocycles. The number of anilines is 1. The van der Waals surface area contributed by atoms with Crippen molar-refractivity contribution in [2.45, 2.75) is 0 Å². The maximum atomic E-state index is 12.2. The van der Waals surface area contributed by atoms with Crippen molar-refractivity contribution in [1.82, 2.24) is 4.98 Å². The molecule has 11 heavy (non-hydrogen) atoms. The van der Waals surface area contributed by atoms with Gasteiger partial charge in [0.2, 0.25) is 0 Å². The topological polar surface area (TPSA) is 65.0 Å². The second kappa shape index (κ2) is 3.40. The van der Waals surface area contributed by atoms with E-state index in [1.54, 1.807) is 0 Å². The summed E-state index contributed by atoms with van der Waals surface area (Å²) in [5, 5.41) is 0. The molecule has 0 aromatic carbocycles. The highest BCUT2D eigenvalue weighted by Gasteiger charge is 1.92. The predicted molar refractivity (Wildman–Crippen MR) is 36.7 cm³/mol. The molecule has 0 saturated heterocycles. The van der Waals surface area contributed by atoms with Crippen LogP contribution in [0.4, 0.5) is 10.2 Å². The molecule has 1 N–H and O–H groups in total. The zero-order chi connectivity index (χ0) is 8.27. The van der Waals surface area contributed by atoms with Crippen molar-refractivity contribution in [3.63, 3.8) is 0 Å². The number of nitrogens with zero attached hydrogens (tertiary/aromatic N) is 1. The van der Waals surface area contributed by atoms with Crippen LogP contribution in [0.5, 0.6) is 0 Å². The van der Waals surface area contributed by atoms with E-state index in [2.05, 4.69) is 4.98 Å². The van der Waals surface area contributed by atoms with Crippen molar-refractivity contribution in [1.29, 1.82) is 0 Å². The number of nitrogens with one attached hydrogen (secondary N) is 1. The summed E-state index contributed by atoms with van der Waals surface area (Å²) in [7, 11) is 0. The molecule has 0 fully saturated rings. The average Bonchev–Trinajstić information content (AvgIpc) is 1.93. The Bertz CT molecular complexity index is 264. The summed E-state index contributed by atoms with van der Waals surface area (Å²) in [6, 6.07) is 2.34. The van der Waals surface area contributed by atoms with Crippen LogP contribution in [-0.4, -0.2) is 13.7 Å². The lowest BCUT2D eigenvalue weighted by molar-refractivity contribution is 0.542. The Hall–Kier alpha value is -1.01. The van der Waals surface area contributed by atoms with Crippen molar-refractivity contribution in [3.05, 3.63) is 24.1 Å². The molecule has 0 amide bonds. The SMILES string of the molecule is O=S([O-])Nc1ccc(F)cn1. The molecular weight excluding hydrogens is 171 g/mol. The minimum atomic E-state index is -2.41. The van der Waals surface area contributed by atoms with Gasteiger partial charge in [0.05, 0.1) is 6.20 Å². The lowest BCUT2D eigenvalue weighted by Crippen LogP contribution is -2.03. The van der Waals surface area contributed by atoms with Gasteiger partial charge in [0.25, 0.3) is 0 Å². The molecule has 1 rings (SSSR count). The van der Waals surface area contributed by atoms with Gasteiger partial charge in [-0.3, -0.25) is 4.21 Å². The number of hydrogen-bond donors (Lipinski definition) is 1. The summed E-state index contributed by atoms with van der Waals surface area (Å²) in [6.45, 7) is 0. The molecule has 0 saturated carbocycles. The summed E-state index contributed by atoms with van der Waals surface area (Å²) in [5.74, 6) is -0.410. The molecule has 0 bridgehead atoms. The zero-order valence-electron chi connectivity index (χ0n) is 5.28.